The highest BCUT2D eigenvalue weighted by Gasteiger charge is 2.34. The summed E-state index contributed by atoms with van der Waals surface area (Å²) in [5, 5.41) is 12.6. The Morgan fingerprint density at radius 2 is 2.15 bits per heavy atom. The van der Waals surface area contributed by atoms with Gasteiger partial charge in [0.2, 0.25) is 0 Å². The van der Waals surface area contributed by atoms with Gasteiger partial charge in [-0.25, -0.2) is 0 Å². The van der Waals surface area contributed by atoms with Crippen molar-refractivity contribution in [3.63, 3.8) is 0 Å². The van der Waals surface area contributed by atoms with Gasteiger partial charge in [0.05, 0.1) is 17.2 Å². The van der Waals surface area contributed by atoms with Crippen molar-refractivity contribution in [1.29, 1.82) is 5.26 Å². The van der Waals surface area contributed by atoms with Crippen LogP contribution in [0.2, 0.25) is 0 Å². The van der Waals surface area contributed by atoms with Crippen molar-refractivity contribution in [2.45, 2.75) is 12.8 Å². The van der Waals surface area contributed by atoms with Crippen molar-refractivity contribution < 1.29 is 17.9 Å². The van der Waals surface area contributed by atoms with Crippen LogP contribution in [-0.2, 0) is 12.8 Å². The molecule has 0 aliphatic rings. The second kappa shape index (κ2) is 5.34. The Labute approximate surface area is 115 Å². The number of anilines is 1. The maximum Gasteiger partial charge on any atom is 0.420 e. The zero-order valence-electron chi connectivity index (χ0n) is 9.81. The summed E-state index contributed by atoms with van der Waals surface area (Å²) < 4.78 is 47.2. The van der Waals surface area contributed by atoms with E-state index in [9.17, 15) is 13.2 Å². The molecule has 0 atom stereocenters. The molecule has 2 N–H and O–H groups in total. The molecule has 104 valence electrons. The van der Waals surface area contributed by atoms with E-state index in [4.69, 9.17) is 15.7 Å². The van der Waals surface area contributed by atoms with Crippen LogP contribution in [0.4, 0.5) is 18.2 Å². The molecule has 0 amide bonds. The van der Waals surface area contributed by atoms with Crippen LogP contribution in [0.5, 0.6) is 5.75 Å². The van der Waals surface area contributed by atoms with Gasteiger partial charge >= 0.3 is 6.18 Å². The quantitative estimate of drug-likeness (QED) is 0.941. The fourth-order valence-corrected chi connectivity index (χ4v) is 1.84. The number of nitrogens with two attached hydrogens (primary N) is 1. The lowest BCUT2D eigenvalue weighted by atomic mass is 10.1. The highest BCUT2D eigenvalue weighted by molar-refractivity contribution is 7.09. The number of ether oxygens (including phenoxy) is 1. The van der Waals surface area contributed by atoms with Gasteiger partial charge in [-0.05, 0) is 18.2 Å². The van der Waals surface area contributed by atoms with Crippen LogP contribution < -0.4 is 10.5 Å². The molecule has 1 heterocycles. The molecule has 0 saturated heterocycles. The van der Waals surface area contributed by atoms with Gasteiger partial charge in [0.1, 0.15) is 23.1 Å². The molecule has 0 bridgehead atoms. The normalized spacial score (nSPS) is 11.1. The van der Waals surface area contributed by atoms with E-state index in [1.54, 1.807) is 6.07 Å². The monoisotopic (exact) mass is 300 g/mol. The Balaban J connectivity index is 2.28. The zero-order valence-corrected chi connectivity index (χ0v) is 10.6. The summed E-state index contributed by atoms with van der Waals surface area (Å²) in [6.45, 7) is -0.225. The molecule has 0 aliphatic heterocycles. The lowest BCUT2D eigenvalue weighted by molar-refractivity contribution is -0.139. The van der Waals surface area contributed by atoms with Gasteiger partial charge in [-0.2, -0.15) is 18.4 Å². The smallest absolute Gasteiger partial charge is 0.420 e. The first-order valence-electron chi connectivity index (χ1n) is 5.22. The van der Waals surface area contributed by atoms with Crippen molar-refractivity contribution in [3.05, 3.63) is 35.0 Å². The predicted molar refractivity (Wildman–Crippen MR) is 64.8 cm³/mol. The first-order chi connectivity index (χ1) is 9.41. The van der Waals surface area contributed by atoms with Crippen molar-refractivity contribution in [3.8, 4) is 11.8 Å². The first-order valence-corrected chi connectivity index (χ1v) is 6.00. The van der Waals surface area contributed by atoms with Gasteiger partial charge in [-0.1, -0.05) is 4.49 Å². The molecule has 1 aromatic carbocycles. The molecular formula is C11H7F3N4OS. The summed E-state index contributed by atoms with van der Waals surface area (Å²) in [6, 6.07) is 4.72. The highest BCUT2D eigenvalue weighted by Crippen LogP contribution is 2.37. The van der Waals surface area contributed by atoms with Crippen molar-refractivity contribution in [2.24, 2.45) is 0 Å². The van der Waals surface area contributed by atoms with Crippen LogP contribution in [0.25, 0.3) is 0 Å². The van der Waals surface area contributed by atoms with E-state index < -0.39 is 11.7 Å². The average Bonchev–Trinajstić information content (AvgIpc) is 2.80. The predicted octanol–water partition coefficient (Wildman–Crippen LogP) is 2.59. The van der Waals surface area contributed by atoms with Crippen LogP contribution in [-0.4, -0.2) is 9.59 Å². The SMILES string of the molecule is N#Cc1ccc(OCc2nnsc2N)c(C(F)(F)F)c1. The number of hydrogen-bond acceptors (Lipinski definition) is 6. The minimum atomic E-state index is -4.62. The molecule has 2 rings (SSSR count). The number of nitriles is 1. The van der Waals surface area contributed by atoms with Crippen molar-refractivity contribution >= 4 is 16.5 Å². The fourth-order valence-electron chi connectivity index (χ4n) is 1.41. The molecule has 0 radical (unpaired) electrons. The Bertz CT molecular complexity index is 662. The van der Waals surface area contributed by atoms with E-state index in [1.165, 1.54) is 6.07 Å². The zero-order chi connectivity index (χ0) is 14.8. The molecule has 20 heavy (non-hydrogen) atoms. The third-order valence-electron chi connectivity index (χ3n) is 2.36. The topological polar surface area (TPSA) is 84.8 Å². The van der Waals surface area contributed by atoms with Crippen LogP contribution >= 0.6 is 11.5 Å². The second-order valence-electron chi connectivity index (χ2n) is 3.69. The van der Waals surface area contributed by atoms with Gasteiger partial charge in [0.25, 0.3) is 0 Å². The van der Waals surface area contributed by atoms with Gasteiger partial charge in [0.15, 0.2) is 0 Å². The third-order valence-corrected chi connectivity index (χ3v) is 2.96. The van der Waals surface area contributed by atoms with Gasteiger partial charge in [-0.15, -0.1) is 5.10 Å². The van der Waals surface area contributed by atoms with Crippen molar-refractivity contribution in [2.75, 3.05) is 5.73 Å². The molecular weight excluding hydrogens is 293 g/mol. The Morgan fingerprint density at radius 3 is 2.70 bits per heavy atom. The van der Waals surface area contributed by atoms with E-state index in [2.05, 4.69) is 9.59 Å². The lowest BCUT2D eigenvalue weighted by Crippen LogP contribution is -2.09. The number of nitrogen functional groups attached to an aromatic ring is 1. The van der Waals surface area contributed by atoms with Crippen LogP contribution in [0.15, 0.2) is 18.2 Å². The van der Waals surface area contributed by atoms with E-state index in [0.717, 1.165) is 23.7 Å². The minimum absolute atomic E-state index is 0.0977. The summed E-state index contributed by atoms with van der Waals surface area (Å²) in [5.74, 6) is -0.385. The lowest BCUT2D eigenvalue weighted by Gasteiger charge is -2.13. The first kappa shape index (κ1) is 14.1. The Hall–Kier alpha value is -2.34. The molecule has 0 fully saturated rings. The fraction of sp³-hybridized carbons (Fsp3) is 0.182. The van der Waals surface area contributed by atoms with Crippen molar-refractivity contribution in [1.82, 2.24) is 9.59 Å². The second-order valence-corrected chi connectivity index (χ2v) is 4.48. The molecule has 0 saturated carbocycles. The van der Waals surface area contributed by atoms with Gasteiger partial charge < -0.3 is 10.5 Å². The maximum absolute atomic E-state index is 12.9. The minimum Gasteiger partial charge on any atom is -0.486 e. The third kappa shape index (κ3) is 2.97. The standard InChI is InChI=1S/C11H7F3N4OS/c12-11(13,14)7-3-6(4-15)1-2-9(7)19-5-8-10(16)20-18-17-8/h1-3H,5,16H2. The number of nitrogens with zero attached hydrogens (tertiary/aromatic N) is 3. The maximum atomic E-state index is 12.9. The number of hydrogen-bond donors (Lipinski definition) is 1. The Kier molecular flexibility index (Phi) is 3.76. The van der Waals surface area contributed by atoms with E-state index in [0.29, 0.717) is 0 Å². The highest BCUT2D eigenvalue weighted by atomic mass is 32.1. The summed E-state index contributed by atoms with van der Waals surface area (Å²) in [4.78, 5) is 0. The van der Waals surface area contributed by atoms with Gasteiger partial charge in [0, 0.05) is 11.5 Å². The molecule has 0 aliphatic carbocycles. The number of benzene rings is 1. The summed E-state index contributed by atoms with van der Waals surface area (Å²) in [5.41, 5.74) is 4.68. The molecule has 9 heteroatoms. The number of alkyl halides is 3. The van der Waals surface area contributed by atoms with E-state index in [1.807, 2.05) is 0 Å². The molecule has 2 aromatic rings. The van der Waals surface area contributed by atoms with E-state index >= 15 is 0 Å². The van der Waals surface area contributed by atoms with Crippen LogP contribution in [0.1, 0.15) is 16.8 Å². The molecule has 1 aromatic heterocycles. The molecule has 5 nitrogen and oxygen atoms in total. The summed E-state index contributed by atoms with van der Waals surface area (Å²) in [6.07, 6.45) is -4.62. The van der Waals surface area contributed by atoms with Gasteiger partial charge in [-0.3, -0.25) is 0 Å². The molecule has 0 unspecified atom stereocenters. The number of rotatable bonds is 3. The largest absolute Gasteiger partial charge is 0.486 e. The van der Waals surface area contributed by atoms with Crippen LogP contribution in [0.3, 0.4) is 0 Å². The molecule has 0 spiro atoms. The van der Waals surface area contributed by atoms with E-state index in [-0.39, 0.29) is 28.6 Å². The average molecular weight is 300 g/mol. The number of halogens is 3. The summed E-state index contributed by atoms with van der Waals surface area (Å²) >= 11 is 0.927. The van der Waals surface area contributed by atoms with Crippen LogP contribution in [0, 0.1) is 11.3 Å². The summed E-state index contributed by atoms with van der Waals surface area (Å²) in [7, 11) is 0. The number of aromatic nitrogens is 2. The Morgan fingerprint density at radius 1 is 1.40 bits per heavy atom.